The van der Waals surface area contributed by atoms with Gasteiger partial charge in [0.1, 0.15) is 5.82 Å². The van der Waals surface area contributed by atoms with Crippen molar-refractivity contribution in [3.05, 3.63) is 146 Å². The summed E-state index contributed by atoms with van der Waals surface area (Å²) in [6.45, 7) is 0. The summed E-state index contributed by atoms with van der Waals surface area (Å²) in [4.78, 5) is 5.31. The van der Waals surface area contributed by atoms with Crippen molar-refractivity contribution in [2.45, 2.75) is 0 Å². The standard InChI is InChI=1S/C39H24N2S/c1-3-11-25(12-4-1)29-20-34(26-13-5-2-6-14-26)40-39(22-29)41-35-18-10-9-17-30(35)31-24-38-33(23-36(31)41)32-19-27-15-7-8-16-28(27)21-37(32)42-38/h1-24H. The van der Waals surface area contributed by atoms with Gasteiger partial charge in [-0.15, -0.1) is 11.3 Å². The van der Waals surface area contributed by atoms with Crippen molar-refractivity contribution in [2.24, 2.45) is 0 Å². The minimum atomic E-state index is 0.922. The molecule has 3 aromatic heterocycles. The zero-order valence-corrected chi connectivity index (χ0v) is 23.5. The van der Waals surface area contributed by atoms with Crippen LogP contribution in [0.25, 0.3) is 81.0 Å². The first-order chi connectivity index (χ1) is 20.8. The lowest BCUT2D eigenvalue weighted by Gasteiger charge is -2.13. The molecule has 9 rings (SSSR count). The van der Waals surface area contributed by atoms with Gasteiger partial charge in [-0.3, -0.25) is 4.57 Å². The van der Waals surface area contributed by atoms with Gasteiger partial charge in [-0.25, -0.2) is 4.98 Å². The van der Waals surface area contributed by atoms with Crippen LogP contribution in [0, 0.1) is 0 Å². The smallest absolute Gasteiger partial charge is 0.138 e. The summed E-state index contributed by atoms with van der Waals surface area (Å²) in [7, 11) is 0. The molecule has 0 aliphatic rings. The maximum Gasteiger partial charge on any atom is 0.138 e. The lowest BCUT2D eigenvalue weighted by Crippen LogP contribution is -2.00. The van der Waals surface area contributed by atoms with Gasteiger partial charge in [-0.1, -0.05) is 103 Å². The van der Waals surface area contributed by atoms with Crippen LogP contribution >= 0.6 is 11.3 Å². The highest BCUT2D eigenvalue weighted by molar-refractivity contribution is 7.26. The van der Waals surface area contributed by atoms with Crippen LogP contribution in [0.2, 0.25) is 0 Å². The quantitative estimate of drug-likeness (QED) is 0.213. The molecule has 0 bridgehead atoms. The maximum atomic E-state index is 5.31. The Morgan fingerprint density at radius 3 is 1.88 bits per heavy atom. The van der Waals surface area contributed by atoms with E-state index in [1.54, 1.807) is 0 Å². The normalized spacial score (nSPS) is 11.8. The van der Waals surface area contributed by atoms with E-state index in [9.17, 15) is 0 Å². The third kappa shape index (κ3) is 3.61. The van der Waals surface area contributed by atoms with E-state index in [0.29, 0.717) is 0 Å². The summed E-state index contributed by atoms with van der Waals surface area (Å²) in [5.41, 5.74) is 6.74. The lowest BCUT2D eigenvalue weighted by atomic mass is 10.0. The van der Waals surface area contributed by atoms with E-state index in [0.717, 1.165) is 28.2 Å². The van der Waals surface area contributed by atoms with Gasteiger partial charge >= 0.3 is 0 Å². The van der Waals surface area contributed by atoms with Gasteiger partial charge in [0.05, 0.1) is 16.7 Å². The average molecular weight is 553 g/mol. The van der Waals surface area contributed by atoms with Gasteiger partial charge in [0.2, 0.25) is 0 Å². The Kier molecular flexibility index (Phi) is 5.10. The molecule has 196 valence electrons. The molecule has 3 heterocycles. The Labute approximate surface area is 246 Å². The van der Waals surface area contributed by atoms with Crippen LogP contribution in [0.3, 0.4) is 0 Å². The van der Waals surface area contributed by atoms with Gasteiger partial charge in [-0.2, -0.15) is 0 Å². The van der Waals surface area contributed by atoms with E-state index in [4.69, 9.17) is 4.98 Å². The van der Waals surface area contributed by atoms with E-state index < -0.39 is 0 Å². The van der Waals surface area contributed by atoms with Gasteiger partial charge in [0.15, 0.2) is 0 Å². The molecule has 0 fully saturated rings. The number of rotatable bonds is 3. The van der Waals surface area contributed by atoms with Gasteiger partial charge in [-0.05, 0) is 64.4 Å². The molecule has 9 aromatic rings. The Balaban J connectivity index is 1.38. The van der Waals surface area contributed by atoms with E-state index in [1.807, 2.05) is 11.3 Å². The van der Waals surface area contributed by atoms with Crippen LogP contribution < -0.4 is 0 Å². The molecule has 0 atom stereocenters. The number of fused-ring (bicyclic) bond motifs is 7. The van der Waals surface area contributed by atoms with Crippen LogP contribution in [0.15, 0.2) is 146 Å². The Bertz CT molecular complexity index is 2390. The van der Waals surface area contributed by atoms with Gasteiger partial charge in [0.25, 0.3) is 0 Å². The monoisotopic (exact) mass is 552 g/mol. The van der Waals surface area contributed by atoms with Crippen molar-refractivity contribution in [1.82, 2.24) is 9.55 Å². The third-order valence-corrected chi connectivity index (χ3v) is 9.46. The van der Waals surface area contributed by atoms with E-state index in [-0.39, 0.29) is 0 Å². The molecule has 0 unspecified atom stereocenters. The second-order valence-electron chi connectivity index (χ2n) is 10.8. The fraction of sp³-hybridized carbons (Fsp3) is 0. The van der Waals surface area contributed by atoms with Crippen LogP contribution in [-0.4, -0.2) is 9.55 Å². The minimum Gasteiger partial charge on any atom is -0.294 e. The third-order valence-electron chi connectivity index (χ3n) is 8.35. The van der Waals surface area contributed by atoms with Crippen molar-refractivity contribution in [3.63, 3.8) is 0 Å². The molecule has 6 aromatic carbocycles. The summed E-state index contributed by atoms with van der Waals surface area (Å²) in [6.07, 6.45) is 0. The lowest BCUT2D eigenvalue weighted by molar-refractivity contribution is 1.09. The zero-order chi connectivity index (χ0) is 27.6. The summed E-state index contributed by atoms with van der Waals surface area (Å²) >= 11 is 1.88. The molecule has 0 aliphatic heterocycles. The fourth-order valence-electron chi connectivity index (χ4n) is 6.35. The van der Waals surface area contributed by atoms with Crippen molar-refractivity contribution in [3.8, 4) is 28.2 Å². The molecule has 0 spiro atoms. The molecule has 2 nitrogen and oxygen atoms in total. The van der Waals surface area contributed by atoms with Gasteiger partial charge in [0, 0.05) is 36.5 Å². The van der Waals surface area contributed by atoms with E-state index >= 15 is 0 Å². The van der Waals surface area contributed by atoms with Crippen LogP contribution in [0.1, 0.15) is 0 Å². The first kappa shape index (κ1) is 23.5. The summed E-state index contributed by atoms with van der Waals surface area (Å²) in [5, 5.41) is 7.65. The van der Waals surface area contributed by atoms with Crippen LogP contribution in [0.4, 0.5) is 0 Å². The SMILES string of the molecule is c1ccc(-c2cc(-c3ccccc3)nc(-n3c4ccccc4c4cc5sc6cc7ccccc7cc6c5cc43)c2)cc1. The largest absolute Gasteiger partial charge is 0.294 e. The number of hydrogen-bond acceptors (Lipinski definition) is 2. The number of pyridine rings is 1. The predicted octanol–water partition coefficient (Wildman–Crippen LogP) is 11.0. The predicted molar refractivity (Wildman–Crippen MR) is 180 cm³/mol. The molecule has 0 aliphatic carbocycles. The molecule has 0 amide bonds. The highest BCUT2D eigenvalue weighted by atomic mass is 32.1. The number of benzene rings is 6. The van der Waals surface area contributed by atoms with Crippen molar-refractivity contribution in [1.29, 1.82) is 0 Å². The molecule has 0 saturated heterocycles. The topological polar surface area (TPSA) is 17.8 Å². The number of thiophene rings is 1. The summed E-state index contributed by atoms with van der Waals surface area (Å²) < 4.78 is 4.99. The maximum absolute atomic E-state index is 5.31. The second-order valence-corrected chi connectivity index (χ2v) is 11.9. The highest BCUT2D eigenvalue weighted by Gasteiger charge is 2.18. The van der Waals surface area contributed by atoms with Crippen molar-refractivity contribution < 1.29 is 0 Å². The van der Waals surface area contributed by atoms with Crippen molar-refractivity contribution in [2.75, 3.05) is 0 Å². The first-order valence-electron chi connectivity index (χ1n) is 14.2. The molecule has 0 radical (unpaired) electrons. The number of nitrogens with zero attached hydrogens (tertiary/aromatic N) is 2. The molecular formula is C39H24N2S. The summed E-state index contributed by atoms with van der Waals surface area (Å²) in [5.74, 6) is 0.922. The van der Waals surface area contributed by atoms with E-state index in [1.165, 1.54) is 52.8 Å². The molecule has 42 heavy (non-hydrogen) atoms. The molecule has 0 saturated carbocycles. The van der Waals surface area contributed by atoms with E-state index in [2.05, 4.69) is 150 Å². The number of hydrogen-bond donors (Lipinski definition) is 0. The minimum absolute atomic E-state index is 0.922. The second kappa shape index (κ2) is 9.13. The first-order valence-corrected chi connectivity index (χ1v) is 15.0. The number of para-hydroxylation sites is 1. The fourth-order valence-corrected chi connectivity index (χ4v) is 7.51. The zero-order valence-electron chi connectivity index (χ0n) is 22.7. The van der Waals surface area contributed by atoms with Gasteiger partial charge < -0.3 is 0 Å². The van der Waals surface area contributed by atoms with Crippen molar-refractivity contribution >= 4 is 64.1 Å². The molecule has 0 N–H and O–H groups in total. The highest BCUT2D eigenvalue weighted by Crippen LogP contribution is 2.42. The Morgan fingerprint density at radius 2 is 1.07 bits per heavy atom. The number of aromatic nitrogens is 2. The van der Waals surface area contributed by atoms with Crippen LogP contribution in [0.5, 0.6) is 0 Å². The molecular weight excluding hydrogens is 529 g/mol. The molecule has 3 heteroatoms. The Morgan fingerprint density at radius 1 is 0.429 bits per heavy atom. The Hall–Kier alpha value is -5.25. The van der Waals surface area contributed by atoms with Crippen LogP contribution in [-0.2, 0) is 0 Å². The average Bonchev–Trinajstić information content (AvgIpc) is 3.57. The summed E-state index contributed by atoms with van der Waals surface area (Å²) in [6, 6.07) is 52.3.